The Bertz CT molecular complexity index is 888. The highest BCUT2D eigenvalue weighted by Crippen LogP contribution is 2.25. The van der Waals surface area contributed by atoms with Crippen LogP contribution in [-0.4, -0.2) is 75.7 Å². The second kappa shape index (κ2) is 9.69. The Morgan fingerprint density at radius 3 is 2.71 bits per heavy atom. The maximum atomic E-state index is 13.3. The van der Waals surface area contributed by atoms with Crippen LogP contribution in [0.2, 0.25) is 0 Å². The average molecular weight is 450 g/mol. The van der Waals surface area contributed by atoms with Gasteiger partial charge in [0.05, 0.1) is 18.0 Å². The molecule has 2 unspecified atom stereocenters. The summed E-state index contributed by atoms with van der Waals surface area (Å²) >= 11 is 1.33. The molecular formula is C19H22N4O7S. The predicted molar refractivity (Wildman–Crippen MR) is 107 cm³/mol. The number of hydrogen-bond acceptors (Lipinski definition) is 7. The summed E-state index contributed by atoms with van der Waals surface area (Å²) in [5.41, 5.74) is 0.390. The lowest BCUT2D eigenvalue weighted by molar-refractivity contribution is -0.176. The van der Waals surface area contributed by atoms with Crippen molar-refractivity contribution in [2.45, 2.75) is 50.2 Å². The van der Waals surface area contributed by atoms with Crippen LogP contribution < -0.4 is 10.6 Å². The highest BCUT2D eigenvalue weighted by molar-refractivity contribution is 7.08. The summed E-state index contributed by atoms with van der Waals surface area (Å²) in [6, 6.07) is -1.75. The molecule has 3 N–H and O–H groups in total. The lowest BCUT2D eigenvalue weighted by atomic mass is 10.0. The number of fused-ring (bicyclic) bond motifs is 1. The van der Waals surface area contributed by atoms with Crippen molar-refractivity contribution >= 4 is 47.2 Å². The molecule has 3 rings (SSSR count). The molecule has 3 atom stereocenters. The lowest BCUT2D eigenvalue weighted by Crippen LogP contribution is -2.64. The molecular weight excluding hydrogens is 428 g/mol. The number of hydrazine groups is 1. The Hall–Kier alpha value is -3.28. The topological polar surface area (TPSA) is 153 Å². The van der Waals surface area contributed by atoms with Gasteiger partial charge in [-0.1, -0.05) is 0 Å². The fourth-order valence-corrected chi connectivity index (χ4v) is 4.28. The van der Waals surface area contributed by atoms with Crippen LogP contribution in [0.4, 0.5) is 0 Å². The summed E-state index contributed by atoms with van der Waals surface area (Å²) < 4.78 is 0. The normalized spacial score (nSPS) is 22.2. The van der Waals surface area contributed by atoms with Crippen molar-refractivity contribution < 1.29 is 33.9 Å². The number of thiophene rings is 1. The second-order valence-corrected chi connectivity index (χ2v) is 8.06. The Kier molecular flexibility index (Phi) is 7.00. The van der Waals surface area contributed by atoms with Crippen LogP contribution in [0, 0.1) is 0 Å². The van der Waals surface area contributed by atoms with Gasteiger partial charge in [-0.15, -0.1) is 0 Å². The Balaban J connectivity index is 1.80. The number of hydrogen-bond donors (Lipinski definition) is 3. The molecule has 11 nitrogen and oxygen atoms in total. The molecule has 2 aliphatic rings. The van der Waals surface area contributed by atoms with E-state index in [0.717, 1.165) is 5.01 Å². The number of amides is 4. The van der Waals surface area contributed by atoms with E-state index in [2.05, 4.69) is 10.6 Å². The largest absolute Gasteiger partial charge is 0.481 e. The minimum absolute atomic E-state index is 0.0150. The van der Waals surface area contributed by atoms with Gasteiger partial charge in [-0.05, 0) is 30.7 Å². The van der Waals surface area contributed by atoms with Crippen LogP contribution in [0.15, 0.2) is 16.8 Å². The second-order valence-electron chi connectivity index (χ2n) is 7.28. The lowest BCUT2D eigenvalue weighted by Gasteiger charge is -2.43. The monoisotopic (exact) mass is 450 g/mol. The summed E-state index contributed by atoms with van der Waals surface area (Å²) in [7, 11) is 0. The van der Waals surface area contributed by atoms with Gasteiger partial charge in [0.1, 0.15) is 18.4 Å². The first-order valence-electron chi connectivity index (χ1n) is 9.75. The van der Waals surface area contributed by atoms with Crippen molar-refractivity contribution in [3.8, 4) is 0 Å². The van der Waals surface area contributed by atoms with E-state index in [-0.39, 0.29) is 31.7 Å². The fourth-order valence-electron chi connectivity index (χ4n) is 3.64. The molecule has 1 aromatic heterocycles. The van der Waals surface area contributed by atoms with Crippen LogP contribution in [-0.2, 0) is 24.0 Å². The SMILES string of the molecule is O=C[C@H](CC(=O)O)NC(=O)C1CCCN2C(=O)CCC(NC(=O)c3ccsc3)C(=O)N12. The molecule has 0 spiro atoms. The third-order valence-corrected chi connectivity index (χ3v) is 5.82. The zero-order valence-electron chi connectivity index (χ0n) is 16.5. The molecule has 0 bridgehead atoms. The number of carbonyl (C=O) groups excluding carboxylic acids is 5. The highest BCUT2D eigenvalue weighted by atomic mass is 32.1. The van der Waals surface area contributed by atoms with Crippen molar-refractivity contribution in [1.82, 2.24) is 20.7 Å². The first-order valence-corrected chi connectivity index (χ1v) is 10.7. The van der Waals surface area contributed by atoms with Crippen molar-refractivity contribution in [2.75, 3.05) is 6.54 Å². The number of carboxylic acid groups (broad SMARTS) is 1. The number of aldehydes is 1. The summed E-state index contributed by atoms with van der Waals surface area (Å²) in [4.78, 5) is 73.1. The van der Waals surface area contributed by atoms with Gasteiger partial charge in [0.2, 0.25) is 11.8 Å². The van der Waals surface area contributed by atoms with Crippen molar-refractivity contribution in [3.63, 3.8) is 0 Å². The van der Waals surface area contributed by atoms with Crippen LogP contribution in [0.25, 0.3) is 0 Å². The van der Waals surface area contributed by atoms with E-state index in [1.54, 1.807) is 16.8 Å². The minimum Gasteiger partial charge on any atom is -0.481 e. The minimum atomic E-state index is -1.26. The van der Waals surface area contributed by atoms with Gasteiger partial charge in [-0.3, -0.25) is 29.0 Å². The van der Waals surface area contributed by atoms with E-state index >= 15 is 0 Å². The molecule has 3 heterocycles. The molecule has 2 saturated heterocycles. The predicted octanol–water partition coefficient (Wildman–Crippen LogP) is -0.467. The van der Waals surface area contributed by atoms with Crippen molar-refractivity contribution in [2.24, 2.45) is 0 Å². The molecule has 31 heavy (non-hydrogen) atoms. The quantitative estimate of drug-likeness (QED) is 0.475. The number of nitrogens with zero attached hydrogens (tertiary/aromatic N) is 2. The Morgan fingerprint density at radius 1 is 1.29 bits per heavy atom. The number of rotatable bonds is 7. The van der Waals surface area contributed by atoms with Gasteiger partial charge in [-0.25, -0.2) is 5.01 Å². The Morgan fingerprint density at radius 2 is 2.06 bits per heavy atom. The first kappa shape index (κ1) is 22.4. The maximum Gasteiger partial charge on any atom is 0.305 e. The zero-order chi connectivity index (χ0) is 22.5. The average Bonchev–Trinajstić information content (AvgIpc) is 3.25. The fraction of sp³-hybridized carbons (Fsp3) is 0.474. The molecule has 0 saturated carbocycles. The molecule has 0 radical (unpaired) electrons. The van der Waals surface area contributed by atoms with E-state index in [9.17, 15) is 28.8 Å². The van der Waals surface area contributed by atoms with Gasteiger partial charge in [0.15, 0.2) is 0 Å². The van der Waals surface area contributed by atoms with E-state index in [1.807, 2.05) is 0 Å². The molecule has 0 aromatic carbocycles. The number of carbonyl (C=O) groups is 6. The first-order chi connectivity index (χ1) is 14.8. The molecule has 2 fully saturated rings. The number of nitrogens with one attached hydrogen (secondary N) is 2. The summed E-state index contributed by atoms with van der Waals surface area (Å²) in [6.07, 6.45) is 0.491. The number of aliphatic carboxylic acids is 1. The van der Waals surface area contributed by atoms with Crippen molar-refractivity contribution in [1.29, 1.82) is 0 Å². The van der Waals surface area contributed by atoms with E-state index in [1.165, 1.54) is 16.3 Å². The molecule has 12 heteroatoms. The maximum absolute atomic E-state index is 13.3. The number of carboxylic acids is 1. The third kappa shape index (κ3) is 5.08. The van der Waals surface area contributed by atoms with Crippen LogP contribution in [0.5, 0.6) is 0 Å². The molecule has 2 aliphatic heterocycles. The Labute approximate surface area is 181 Å². The molecule has 166 valence electrons. The van der Waals surface area contributed by atoms with Crippen LogP contribution in [0.3, 0.4) is 0 Å². The van der Waals surface area contributed by atoms with Crippen LogP contribution in [0.1, 0.15) is 42.5 Å². The third-order valence-electron chi connectivity index (χ3n) is 5.14. The zero-order valence-corrected chi connectivity index (χ0v) is 17.3. The standard InChI is InChI=1S/C19H22N4O7S/c24-9-12(8-16(26)27)20-18(29)14-2-1-6-22-15(25)4-3-13(19(30)23(14)22)21-17(28)11-5-7-31-10-11/h5,7,9-10,12-14H,1-4,6,8H2,(H,20,29)(H,21,28)(H,26,27)/t12-,13?,14?/m0/s1. The van der Waals surface area contributed by atoms with E-state index in [0.29, 0.717) is 18.3 Å². The van der Waals surface area contributed by atoms with Gasteiger partial charge in [0.25, 0.3) is 11.8 Å². The smallest absolute Gasteiger partial charge is 0.305 e. The summed E-state index contributed by atoms with van der Waals surface area (Å²) in [5, 5.41) is 19.4. The molecule has 1 aromatic rings. The summed E-state index contributed by atoms with van der Waals surface area (Å²) in [6.45, 7) is 0.242. The van der Waals surface area contributed by atoms with Crippen LogP contribution >= 0.6 is 11.3 Å². The molecule has 0 aliphatic carbocycles. The van der Waals surface area contributed by atoms with E-state index < -0.39 is 48.2 Å². The summed E-state index contributed by atoms with van der Waals surface area (Å²) in [5.74, 6) is -3.40. The highest BCUT2D eigenvalue weighted by Gasteiger charge is 2.44. The van der Waals surface area contributed by atoms with Gasteiger partial charge in [0, 0.05) is 18.3 Å². The van der Waals surface area contributed by atoms with E-state index in [4.69, 9.17) is 5.11 Å². The molecule has 4 amide bonds. The van der Waals surface area contributed by atoms with Gasteiger partial charge in [-0.2, -0.15) is 11.3 Å². The van der Waals surface area contributed by atoms with Crippen molar-refractivity contribution in [3.05, 3.63) is 22.4 Å². The van der Waals surface area contributed by atoms with Gasteiger partial charge < -0.3 is 20.5 Å². The van der Waals surface area contributed by atoms with Gasteiger partial charge >= 0.3 is 5.97 Å².